The number of hydrazine groups is 1. The van der Waals surface area contributed by atoms with Gasteiger partial charge in [0.2, 0.25) is 5.88 Å². The first-order chi connectivity index (χ1) is 9.65. The molecule has 2 rings (SSSR count). The van der Waals surface area contributed by atoms with Crippen LogP contribution >= 0.6 is 15.9 Å². The zero-order chi connectivity index (χ0) is 14.5. The second-order valence-electron chi connectivity index (χ2n) is 4.08. The van der Waals surface area contributed by atoms with E-state index >= 15 is 0 Å². The maximum absolute atomic E-state index is 13.1. The number of nitrogens with one attached hydrogen (secondary N) is 1. The van der Waals surface area contributed by atoms with E-state index in [1.165, 1.54) is 24.5 Å². The molecule has 0 aliphatic heterocycles. The number of nitrogen functional groups attached to an aromatic ring is 1. The van der Waals surface area contributed by atoms with Gasteiger partial charge in [0.1, 0.15) is 23.7 Å². The lowest BCUT2D eigenvalue weighted by Gasteiger charge is -2.13. The summed E-state index contributed by atoms with van der Waals surface area (Å²) in [6.07, 6.45) is 2.97. The molecule has 0 aliphatic carbocycles. The summed E-state index contributed by atoms with van der Waals surface area (Å²) < 4.78 is 19.3. The Hall–Kier alpha value is -1.73. The van der Waals surface area contributed by atoms with Crippen molar-refractivity contribution in [3.63, 3.8) is 0 Å². The molecule has 0 spiro atoms. The molecule has 1 heterocycles. The lowest BCUT2D eigenvalue weighted by molar-refractivity contribution is 0.450. The summed E-state index contributed by atoms with van der Waals surface area (Å²) in [6, 6.07) is 4.19. The van der Waals surface area contributed by atoms with E-state index in [0.29, 0.717) is 28.3 Å². The molecule has 1 aromatic carbocycles. The number of hydrogen-bond donors (Lipinski definition) is 2. The third-order valence-corrected chi connectivity index (χ3v) is 3.26. The molecule has 0 saturated heterocycles. The molecule has 20 heavy (non-hydrogen) atoms. The van der Waals surface area contributed by atoms with E-state index in [1.807, 2.05) is 6.92 Å². The Kier molecular flexibility index (Phi) is 4.86. The number of nitrogens with two attached hydrogens (primary N) is 1. The highest BCUT2D eigenvalue weighted by molar-refractivity contribution is 9.10. The van der Waals surface area contributed by atoms with Crippen LogP contribution in [0.15, 0.2) is 29.0 Å². The van der Waals surface area contributed by atoms with E-state index in [0.717, 1.165) is 12.0 Å². The van der Waals surface area contributed by atoms with Gasteiger partial charge in [0.15, 0.2) is 0 Å². The predicted molar refractivity (Wildman–Crippen MR) is 78.0 cm³/mol. The highest BCUT2D eigenvalue weighted by Crippen LogP contribution is 2.32. The lowest BCUT2D eigenvalue weighted by atomic mass is 10.2. The van der Waals surface area contributed by atoms with E-state index in [2.05, 4.69) is 31.3 Å². The van der Waals surface area contributed by atoms with E-state index in [1.54, 1.807) is 0 Å². The van der Waals surface area contributed by atoms with Crippen molar-refractivity contribution in [2.75, 3.05) is 5.43 Å². The molecule has 0 aliphatic rings. The van der Waals surface area contributed by atoms with E-state index in [4.69, 9.17) is 10.6 Å². The van der Waals surface area contributed by atoms with Gasteiger partial charge in [0.05, 0.1) is 10.0 Å². The number of ether oxygens (including phenoxy) is 1. The summed E-state index contributed by atoms with van der Waals surface area (Å²) in [4.78, 5) is 8.18. The summed E-state index contributed by atoms with van der Waals surface area (Å²) >= 11 is 3.26. The summed E-state index contributed by atoms with van der Waals surface area (Å²) in [6.45, 7) is 2.03. The van der Waals surface area contributed by atoms with Gasteiger partial charge in [0.25, 0.3) is 0 Å². The second kappa shape index (κ2) is 6.62. The molecular weight excluding hydrogens is 327 g/mol. The number of rotatable bonds is 5. The fourth-order valence-electron chi connectivity index (χ4n) is 1.75. The Morgan fingerprint density at radius 3 is 2.85 bits per heavy atom. The minimum Gasteiger partial charge on any atom is -0.437 e. The van der Waals surface area contributed by atoms with Crippen molar-refractivity contribution in [2.24, 2.45) is 5.84 Å². The van der Waals surface area contributed by atoms with Crippen LogP contribution in [0, 0.1) is 5.82 Å². The first-order valence-corrected chi connectivity index (χ1v) is 6.88. The van der Waals surface area contributed by atoms with Crippen LogP contribution in [0.2, 0.25) is 0 Å². The molecule has 0 fully saturated rings. The minimum absolute atomic E-state index is 0.343. The molecule has 0 atom stereocenters. The SMILES string of the molecule is CCCc1c(NN)ncnc1Oc1ccc(F)cc1Br. The third kappa shape index (κ3) is 3.23. The van der Waals surface area contributed by atoms with Gasteiger partial charge in [-0.05, 0) is 40.5 Å². The van der Waals surface area contributed by atoms with Crippen LogP contribution in [0.25, 0.3) is 0 Å². The van der Waals surface area contributed by atoms with Crippen molar-refractivity contribution in [1.29, 1.82) is 0 Å². The summed E-state index contributed by atoms with van der Waals surface area (Å²) in [5.41, 5.74) is 3.31. The third-order valence-electron chi connectivity index (χ3n) is 2.64. The van der Waals surface area contributed by atoms with Gasteiger partial charge in [0, 0.05) is 0 Å². The van der Waals surface area contributed by atoms with Gasteiger partial charge in [-0.1, -0.05) is 13.3 Å². The van der Waals surface area contributed by atoms with Crippen molar-refractivity contribution in [2.45, 2.75) is 19.8 Å². The fourth-order valence-corrected chi connectivity index (χ4v) is 2.18. The van der Waals surface area contributed by atoms with Gasteiger partial charge >= 0.3 is 0 Å². The van der Waals surface area contributed by atoms with Crippen molar-refractivity contribution < 1.29 is 9.13 Å². The maximum Gasteiger partial charge on any atom is 0.227 e. The van der Waals surface area contributed by atoms with E-state index in [-0.39, 0.29) is 5.82 Å². The van der Waals surface area contributed by atoms with Crippen molar-refractivity contribution in [3.05, 3.63) is 40.4 Å². The number of nitrogens with zero attached hydrogens (tertiary/aromatic N) is 2. The molecule has 0 amide bonds. The Bertz CT molecular complexity index is 609. The van der Waals surface area contributed by atoms with Crippen LogP contribution < -0.4 is 16.0 Å². The molecule has 2 aromatic rings. The van der Waals surface area contributed by atoms with Gasteiger partial charge in [-0.2, -0.15) is 0 Å². The first-order valence-electron chi connectivity index (χ1n) is 6.09. The van der Waals surface area contributed by atoms with Crippen LogP contribution in [0.1, 0.15) is 18.9 Å². The molecule has 0 unspecified atom stereocenters. The Morgan fingerprint density at radius 2 is 2.20 bits per heavy atom. The Balaban J connectivity index is 2.37. The van der Waals surface area contributed by atoms with Crippen LogP contribution in [0.4, 0.5) is 10.2 Å². The van der Waals surface area contributed by atoms with Crippen LogP contribution in [0.5, 0.6) is 11.6 Å². The average molecular weight is 341 g/mol. The molecule has 1 aromatic heterocycles. The van der Waals surface area contributed by atoms with Crippen LogP contribution in [-0.4, -0.2) is 9.97 Å². The molecule has 3 N–H and O–H groups in total. The number of hydrogen-bond acceptors (Lipinski definition) is 5. The normalized spacial score (nSPS) is 10.4. The fraction of sp³-hybridized carbons (Fsp3) is 0.231. The highest BCUT2D eigenvalue weighted by atomic mass is 79.9. The van der Waals surface area contributed by atoms with Gasteiger partial charge in [-0.15, -0.1) is 0 Å². The Labute approximate surface area is 124 Å². The molecule has 7 heteroatoms. The number of halogens is 2. The molecular formula is C13H14BrFN4O. The molecule has 106 valence electrons. The monoisotopic (exact) mass is 340 g/mol. The van der Waals surface area contributed by atoms with Crippen molar-refractivity contribution >= 4 is 21.7 Å². The van der Waals surface area contributed by atoms with Crippen molar-refractivity contribution in [1.82, 2.24) is 9.97 Å². The number of aromatic nitrogens is 2. The molecule has 0 radical (unpaired) electrons. The van der Waals surface area contributed by atoms with Crippen molar-refractivity contribution in [3.8, 4) is 11.6 Å². The Morgan fingerprint density at radius 1 is 1.40 bits per heavy atom. The molecule has 5 nitrogen and oxygen atoms in total. The van der Waals surface area contributed by atoms with E-state index < -0.39 is 0 Å². The average Bonchev–Trinajstić information content (AvgIpc) is 2.43. The zero-order valence-electron chi connectivity index (χ0n) is 10.9. The first kappa shape index (κ1) is 14.7. The minimum atomic E-state index is -0.343. The predicted octanol–water partition coefficient (Wildman–Crippen LogP) is 3.41. The van der Waals surface area contributed by atoms with Gasteiger partial charge < -0.3 is 10.2 Å². The highest BCUT2D eigenvalue weighted by Gasteiger charge is 2.13. The number of anilines is 1. The number of benzene rings is 1. The second-order valence-corrected chi connectivity index (χ2v) is 4.93. The molecule has 0 bridgehead atoms. The topological polar surface area (TPSA) is 73.1 Å². The summed E-state index contributed by atoms with van der Waals surface area (Å²) in [5, 5.41) is 0. The maximum atomic E-state index is 13.1. The summed E-state index contributed by atoms with van der Waals surface area (Å²) in [5.74, 6) is 6.50. The van der Waals surface area contributed by atoms with Crippen LogP contribution in [0.3, 0.4) is 0 Å². The zero-order valence-corrected chi connectivity index (χ0v) is 12.4. The quantitative estimate of drug-likeness (QED) is 0.644. The smallest absolute Gasteiger partial charge is 0.227 e. The standard InChI is InChI=1S/C13H14BrFN4O/c1-2-3-9-12(19-16)17-7-18-13(9)20-11-5-4-8(15)6-10(11)14/h4-7H,2-3,16H2,1H3,(H,17,18,19). The largest absolute Gasteiger partial charge is 0.437 e. The lowest BCUT2D eigenvalue weighted by Crippen LogP contribution is -2.12. The van der Waals surface area contributed by atoms with Crippen LogP contribution in [-0.2, 0) is 6.42 Å². The van der Waals surface area contributed by atoms with Gasteiger partial charge in [-0.25, -0.2) is 20.2 Å². The molecule has 0 saturated carbocycles. The van der Waals surface area contributed by atoms with E-state index in [9.17, 15) is 4.39 Å². The van der Waals surface area contributed by atoms with Gasteiger partial charge in [-0.3, -0.25) is 0 Å². The summed E-state index contributed by atoms with van der Waals surface area (Å²) in [7, 11) is 0.